The van der Waals surface area contributed by atoms with Gasteiger partial charge in [-0.1, -0.05) is 11.6 Å². The van der Waals surface area contributed by atoms with Crippen molar-refractivity contribution in [1.29, 1.82) is 0 Å². The molecule has 3 rings (SSSR count). The first-order chi connectivity index (χ1) is 9.65. The number of fused-ring (bicyclic) bond motifs is 1. The van der Waals surface area contributed by atoms with Gasteiger partial charge in [0.2, 0.25) is 0 Å². The van der Waals surface area contributed by atoms with Gasteiger partial charge in [-0.05, 0) is 48.0 Å². The minimum absolute atomic E-state index is 0. The van der Waals surface area contributed by atoms with E-state index < -0.39 is 5.24 Å². The van der Waals surface area contributed by atoms with Crippen LogP contribution in [0.25, 0.3) is 22.2 Å². The molecule has 0 aliphatic carbocycles. The number of carbonyl (C=O) groups is 1. The summed E-state index contributed by atoms with van der Waals surface area (Å²) < 4.78 is 0. The average molecular weight is 340 g/mol. The van der Waals surface area contributed by atoms with Gasteiger partial charge in [0.1, 0.15) is 0 Å². The molecule has 106 valence electrons. The monoisotopic (exact) mass is 338 g/mol. The third-order valence-electron chi connectivity index (χ3n) is 2.96. The van der Waals surface area contributed by atoms with Gasteiger partial charge in [-0.3, -0.25) is 9.78 Å². The van der Waals surface area contributed by atoms with Gasteiger partial charge in [-0.15, -0.1) is 12.4 Å². The zero-order chi connectivity index (χ0) is 14.1. The highest BCUT2D eigenvalue weighted by molar-refractivity contribution is 6.68. The molecule has 0 atom stereocenters. The van der Waals surface area contributed by atoms with Crippen molar-refractivity contribution in [3.05, 3.63) is 59.4 Å². The summed E-state index contributed by atoms with van der Waals surface area (Å²) in [5.74, 6) is 0. The summed E-state index contributed by atoms with van der Waals surface area (Å²) in [6.07, 6.45) is 3.34. The Morgan fingerprint density at radius 2 is 1.76 bits per heavy atom. The van der Waals surface area contributed by atoms with Crippen molar-refractivity contribution in [1.82, 2.24) is 9.97 Å². The van der Waals surface area contributed by atoms with Crippen LogP contribution < -0.4 is 0 Å². The van der Waals surface area contributed by atoms with Gasteiger partial charge in [0.25, 0.3) is 5.24 Å². The molecule has 3 nitrogen and oxygen atoms in total. The standard InChI is InChI=1S/C15H8Cl2N2O.ClH/c16-10-1-2-13-11(7-10)12(15(17)20)8-14(19-13)9-3-5-18-6-4-9;/h1-8H;1H. The molecule has 0 spiro atoms. The molecule has 0 saturated carbocycles. The number of aromatic nitrogens is 2. The van der Waals surface area contributed by atoms with Crippen molar-refractivity contribution in [2.45, 2.75) is 0 Å². The first-order valence-corrected chi connectivity index (χ1v) is 6.61. The van der Waals surface area contributed by atoms with Crippen LogP contribution in [0.5, 0.6) is 0 Å². The quantitative estimate of drug-likeness (QED) is 0.633. The van der Waals surface area contributed by atoms with Crippen LogP contribution >= 0.6 is 35.6 Å². The minimum Gasteiger partial charge on any atom is -0.276 e. The first kappa shape index (κ1) is 15.7. The second kappa shape index (κ2) is 6.39. The number of rotatable bonds is 2. The fourth-order valence-electron chi connectivity index (χ4n) is 2.03. The van der Waals surface area contributed by atoms with Crippen LogP contribution in [0.15, 0.2) is 48.8 Å². The van der Waals surface area contributed by atoms with Crippen molar-refractivity contribution in [2.75, 3.05) is 0 Å². The van der Waals surface area contributed by atoms with Crippen LogP contribution in [0.1, 0.15) is 10.4 Å². The molecule has 21 heavy (non-hydrogen) atoms. The van der Waals surface area contributed by atoms with Gasteiger partial charge in [-0.25, -0.2) is 4.98 Å². The van der Waals surface area contributed by atoms with Crippen LogP contribution in [0, 0.1) is 0 Å². The highest BCUT2D eigenvalue weighted by Gasteiger charge is 2.12. The van der Waals surface area contributed by atoms with Crippen LogP contribution in [0.4, 0.5) is 0 Å². The van der Waals surface area contributed by atoms with Crippen LogP contribution in [-0.2, 0) is 0 Å². The van der Waals surface area contributed by atoms with Crippen LogP contribution in [0.2, 0.25) is 5.02 Å². The number of hydrogen-bond acceptors (Lipinski definition) is 3. The van der Waals surface area contributed by atoms with Crippen molar-refractivity contribution in [3.8, 4) is 11.3 Å². The predicted molar refractivity (Wildman–Crippen MR) is 87.4 cm³/mol. The summed E-state index contributed by atoms with van der Waals surface area (Å²) >= 11 is 11.6. The van der Waals surface area contributed by atoms with E-state index in [0.717, 1.165) is 5.56 Å². The normalized spacial score (nSPS) is 10.2. The molecule has 2 aromatic heterocycles. The molecule has 2 heterocycles. The van der Waals surface area contributed by atoms with Crippen molar-refractivity contribution in [3.63, 3.8) is 0 Å². The third kappa shape index (κ3) is 3.16. The molecule has 0 fully saturated rings. The molecule has 0 N–H and O–H groups in total. The number of pyridine rings is 2. The van der Waals surface area contributed by atoms with Crippen molar-refractivity contribution in [2.24, 2.45) is 0 Å². The fraction of sp³-hybridized carbons (Fsp3) is 0. The van der Waals surface area contributed by atoms with E-state index in [1.807, 2.05) is 12.1 Å². The van der Waals surface area contributed by atoms with Gasteiger partial charge < -0.3 is 0 Å². The Balaban J connectivity index is 0.00000161. The summed E-state index contributed by atoms with van der Waals surface area (Å²) in [4.78, 5) is 20.1. The summed E-state index contributed by atoms with van der Waals surface area (Å²) in [6.45, 7) is 0. The molecule has 0 amide bonds. The highest BCUT2D eigenvalue weighted by Crippen LogP contribution is 2.27. The summed E-state index contributed by atoms with van der Waals surface area (Å²) in [5, 5.41) is 0.653. The van der Waals surface area contributed by atoms with Crippen LogP contribution in [-0.4, -0.2) is 15.2 Å². The van der Waals surface area contributed by atoms with E-state index in [1.165, 1.54) is 0 Å². The van der Waals surface area contributed by atoms with Gasteiger partial charge >= 0.3 is 0 Å². The van der Waals surface area contributed by atoms with E-state index in [2.05, 4.69) is 9.97 Å². The number of benzene rings is 1. The topological polar surface area (TPSA) is 42.9 Å². The molecule has 0 saturated heterocycles. The van der Waals surface area contributed by atoms with E-state index in [9.17, 15) is 4.79 Å². The SMILES string of the molecule is Cl.O=C(Cl)c1cc(-c2ccncc2)nc2ccc(Cl)cc12. The summed E-state index contributed by atoms with van der Waals surface area (Å²) in [6, 6.07) is 10.5. The van der Waals surface area contributed by atoms with E-state index in [1.54, 1.807) is 36.7 Å². The molecule has 0 aliphatic rings. The lowest BCUT2D eigenvalue weighted by molar-refractivity contribution is 0.108. The zero-order valence-electron chi connectivity index (χ0n) is 10.6. The molecular weight excluding hydrogens is 331 g/mol. The Bertz CT molecular complexity index is 807. The summed E-state index contributed by atoms with van der Waals surface area (Å²) in [5.41, 5.74) is 2.61. The first-order valence-electron chi connectivity index (χ1n) is 5.86. The van der Waals surface area contributed by atoms with Crippen molar-refractivity contribution < 1.29 is 4.79 Å². The molecule has 0 bridgehead atoms. The van der Waals surface area contributed by atoms with Gasteiger partial charge in [0.05, 0.1) is 11.2 Å². The molecule has 0 aliphatic heterocycles. The Morgan fingerprint density at radius 1 is 1.05 bits per heavy atom. The maximum absolute atomic E-state index is 11.6. The smallest absolute Gasteiger partial charge is 0.253 e. The van der Waals surface area contributed by atoms with E-state index in [4.69, 9.17) is 23.2 Å². The van der Waals surface area contributed by atoms with Crippen LogP contribution in [0.3, 0.4) is 0 Å². The van der Waals surface area contributed by atoms with E-state index in [0.29, 0.717) is 27.2 Å². The van der Waals surface area contributed by atoms with Gasteiger partial charge in [0.15, 0.2) is 0 Å². The fourth-order valence-corrected chi connectivity index (χ4v) is 2.36. The molecule has 6 heteroatoms. The van der Waals surface area contributed by atoms with E-state index >= 15 is 0 Å². The van der Waals surface area contributed by atoms with Gasteiger partial charge in [-0.2, -0.15) is 0 Å². The summed E-state index contributed by atoms with van der Waals surface area (Å²) in [7, 11) is 0. The number of carbonyl (C=O) groups excluding carboxylic acids is 1. The largest absolute Gasteiger partial charge is 0.276 e. The maximum Gasteiger partial charge on any atom is 0.253 e. The maximum atomic E-state index is 11.6. The Morgan fingerprint density at radius 3 is 2.43 bits per heavy atom. The van der Waals surface area contributed by atoms with Gasteiger partial charge in [0, 0.05) is 33.9 Å². The lowest BCUT2D eigenvalue weighted by Crippen LogP contribution is -1.96. The molecular formula is C15H9Cl3N2O. The highest BCUT2D eigenvalue weighted by atomic mass is 35.5. The zero-order valence-corrected chi connectivity index (χ0v) is 12.9. The second-order valence-electron chi connectivity index (χ2n) is 4.23. The Hall–Kier alpha value is -1.68. The number of nitrogens with zero attached hydrogens (tertiary/aromatic N) is 2. The lowest BCUT2D eigenvalue weighted by Gasteiger charge is -2.07. The molecule has 0 unspecified atom stereocenters. The molecule has 0 radical (unpaired) electrons. The Kier molecular flexibility index (Phi) is 4.78. The molecule has 1 aromatic carbocycles. The number of halogens is 3. The third-order valence-corrected chi connectivity index (χ3v) is 3.40. The second-order valence-corrected chi connectivity index (χ2v) is 5.01. The minimum atomic E-state index is -0.532. The average Bonchev–Trinajstić information content (AvgIpc) is 2.47. The molecule has 3 aromatic rings. The Labute approximate surface area is 137 Å². The lowest BCUT2D eigenvalue weighted by atomic mass is 10.1. The van der Waals surface area contributed by atoms with E-state index in [-0.39, 0.29) is 12.4 Å². The predicted octanol–water partition coefficient (Wildman–Crippen LogP) is 4.75. The number of hydrogen-bond donors (Lipinski definition) is 0. The van der Waals surface area contributed by atoms with Crippen molar-refractivity contribution >= 4 is 51.8 Å².